The van der Waals surface area contributed by atoms with Crippen LogP contribution < -0.4 is 0 Å². The van der Waals surface area contributed by atoms with E-state index < -0.39 is 0 Å². The Balaban J connectivity index is 1.61. The molecule has 0 radical (unpaired) electrons. The van der Waals surface area contributed by atoms with Gasteiger partial charge in [0.15, 0.2) is 16.8 Å². The van der Waals surface area contributed by atoms with Crippen LogP contribution in [0.15, 0.2) is 70.3 Å². The number of hydrogen-bond acceptors (Lipinski definition) is 5. The second-order valence-corrected chi connectivity index (χ2v) is 8.73. The molecule has 0 aliphatic rings. The molecule has 6 nitrogen and oxygen atoms in total. The average Bonchev–Trinajstić information content (AvgIpc) is 3.29. The minimum absolute atomic E-state index is 0.0511. The second-order valence-electron chi connectivity index (χ2n) is 6.87. The highest BCUT2D eigenvalue weighted by Gasteiger charge is 2.17. The summed E-state index contributed by atoms with van der Waals surface area (Å²) in [5.41, 5.74) is 3.67. The Labute approximate surface area is 187 Å². The Morgan fingerprint density at radius 3 is 2.43 bits per heavy atom. The number of carbonyl (C=O) groups is 1. The van der Waals surface area contributed by atoms with E-state index in [9.17, 15) is 4.79 Å². The fourth-order valence-electron chi connectivity index (χ4n) is 3.15. The predicted molar refractivity (Wildman–Crippen MR) is 121 cm³/mol. The van der Waals surface area contributed by atoms with E-state index in [4.69, 9.17) is 0 Å². The van der Waals surface area contributed by atoms with Crippen LogP contribution in [0.3, 0.4) is 0 Å². The van der Waals surface area contributed by atoms with Crippen LogP contribution in [0.1, 0.15) is 27.6 Å². The van der Waals surface area contributed by atoms with Crippen LogP contribution in [-0.4, -0.2) is 36.1 Å². The van der Waals surface area contributed by atoms with E-state index in [1.807, 2.05) is 83.8 Å². The van der Waals surface area contributed by atoms with Gasteiger partial charge in [-0.1, -0.05) is 58.0 Å². The van der Waals surface area contributed by atoms with Crippen LogP contribution >= 0.6 is 27.7 Å². The maximum absolute atomic E-state index is 12.6. The monoisotopic (exact) mass is 481 g/mol. The minimum atomic E-state index is 0.0511. The molecule has 8 heteroatoms. The lowest BCUT2D eigenvalue weighted by atomic mass is 10.2. The van der Waals surface area contributed by atoms with E-state index in [1.54, 1.807) is 0 Å². The molecule has 0 amide bonds. The fraction of sp³-hybridized carbons (Fsp3) is 0.182. The topological polar surface area (TPSA) is 65.6 Å². The molecule has 0 saturated heterocycles. The van der Waals surface area contributed by atoms with Gasteiger partial charge in [0.2, 0.25) is 0 Å². The second kappa shape index (κ2) is 8.97. The van der Waals surface area contributed by atoms with E-state index in [0.29, 0.717) is 17.3 Å². The van der Waals surface area contributed by atoms with Gasteiger partial charge < -0.3 is 0 Å². The van der Waals surface area contributed by atoms with Gasteiger partial charge in [-0.25, -0.2) is 0 Å². The number of nitrogens with zero attached hydrogens (tertiary/aromatic N) is 5. The molecule has 0 saturated carbocycles. The number of para-hydroxylation sites is 1. The van der Waals surface area contributed by atoms with Gasteiger partial charge in [0.25, 0.3) is 0 Å². The molecule has 0 spiro atoms. The van der Waals surface area contributed by atoms with Gasteiger partial charge in [-0.3, -0.25) is 14.0 Å². The molecule has 152 valence electrons. The Kier molecular flexibility index (Phi) is 6.15. The summed E-state index contributed by atoms with van der Waals surface area (Å²) < 4.78 is 4.86. The van der Waals surface area contributed by atoms with E-state index in [0.717, 1.165) is 27.4 Å². The first kappa shape index (κ1) is 20.6. The zero-order chi connectivity index (χ0) is 21.1. The third kappa shape index (κ3) is 4.55. The summed E-state index contributed by atoms with van der Waals surface area (Å²) in [6, 6.07) is 19.4. The molecule has 4 aromatic rings. The quantitative estimate of drug-likeness (QED) is 0.278. The zero-order valence-electron chi connectivity index (χ0n) is 16.6. The fourth-order valence-corrected chi connectivity index (χ4v) is 4.28. The van der Waals surface area contributed by atoms with Crippen LogP contribution in [0.4, 0.5) is 0 Å². The van der Waals surface area contributed by atoms with Crippen molar-refractivity contribution in [1.82, 2.24) is 24.5 Å². The van der Waals surface area contributed by atoms with Crippen LogP contribution in [0.5, 0.6) is 0 Å². The Morgan fingerprint density at radius 2 is 1.77 bits per heavy atom. The van der Waals surface area contributed by atoms with Crippen LogP contribution in [-0.2, 0) is 6.54 Å². The number of carbonyl (C=O) groups excluding carboxylic acids is 1. The number of thioether (sulfide) groups is 1. The third-order valence-corrected chi connectivity index (χ3v) is 6.07. The Hall–Kier alpha value is -2.71. The first-order chi connectivity index (χ1) is 14.5. The maximum atomic E-state index is 12.6. The molecule has 4 rings (SSSR count). The number of ketones is 1. The highest BCUT2D eigenvalue weighted by molar-refractivity contribution is 9.10. The molecule has 2 aromatic heterocycles. The summed E-state index contributed by atoms with van der Waals surface area (Å²) in [7, 11) is 0. The molecule has 0 aliphatic carbocycles. The lowest BCUT2D eigenvalue weighted by Gasteiger charge is -2.11. The number of Topliss-reactive ketones (excluding diaryl/α,β-unsaturated/α-hetero) is 1. The van der Waals surface area contributed by atoms with Crippen molar-refractivity contribution in [3.8, 4) is 5.69 Å². The molecule has 0 unspecified atom stereocenters. The Bertz CT molecular complexity index is 1170. The summed E-state index contributed by atoms with van der Waals surface area (Å²) in [6.45, 7) is 4.50. The molecule has 0 atom stereocenters. The molecule has 2 aromatic carbocycles. The summed E-state index contributed by atoms with van der Waals surface area (Å²) >= 11 is 4.79. The van der Waals surface area contributed by atoms with Gasteiger partial charge >= 0.3 is 0 Å². The molecule has 0 fully saturated rings. The van der Waals surface area contributed by atoms with Crippen LogP contribution in [0, 0.1) is 13.8 Å². The largest absolute Gasteiger partial charge is 0.293 e. The van der Waals surface area contributed by atoms with Crippen molar-refractivity contribution in [2.75, 3.05) is 5.75 Å². The van der Waals surface area contributed by atoms with Gasteiger partial charge in [0, 0.05) is 21.4 Å². The number of hydrogen-bond donors (Lipinski definition) is 0. The van der Waals surface area contributed by atoms with Gasteiger partial charge in [0.05, 0.1) is 11.4 Å². The Morgan fingerprint density at radius 1 is 1.03 bits per heavy atom. The van der Waals surface area contributed by atoms with Gasteiger partial charge in [-0.15, -0.1) is 10.2 Å². The van der Waals surface area contributed by atoms with Gasteiger partial charge in [-0.2, -0.15) is 5.10 Å². The SMILES string of the molecule is Cc1cc(C)n(Cc2nnc(SCC(=O)c3ccc(Br)cc3)n2-c2ccccc2)n1. The molecule has 30 heavy (non-hydrogen) atoms. The van der Waals surface area contributed by atoms with Crippen molar-refractivity contribution in [3.05, 3.63) is 87.9 Å². The third-order valence-electron chi connectivity index (χ3n) is 4.61. The molecule has 0 bridgehead atoms. The van der Waals surface area contributed by atoms with E-state index >= 15 is 0 Å². The van der Waals surface area contributed by atoms with E-state index in [1.165, 1.54) is 11.8 Å². The average molecular weight is 482 g/mol. The minimum Gasteiger partial charge on any atom is -0.293 e. The number of rotatable bonds is 7. The van der Waals surface area contributed by atoms with Crippen molar-refractivity contribution >= 4 is 33.5 Å². The molecule has 0 N–H and O–H groups in total. The maximum Gasteiger partial charge on any atom is 0.196 e. The van der Waals surface area contributed by atoms with E-state index in [2.05, 4.69) is 31.2 Å². The lowest BCUT2D eigenvalue weighted by molar-refractivity contribution is 0.102. The van der Waals surface area contributed by atoms with E-state index in [-0.39, 0.29) is 11.5 Å². The number of benzene rings is 2. The van der Waals surface area contributed by atoms with Crippen molar-refractivity contribution in [2.45, 2.75) is 25.5 Å². The standard InChI is InChI=1S/C22H20BrN5OS/c1-15-12-16(2)27(26-15)13-21-24-25-22(28(21)19-6-4-3-5-7-19)30-14-20(29)17-8-10-18(23)11-9-17/h3-12H,13-14H2,1-2H3. The van der Waals surface area contributed by atoms with Gasteiger partial charge in [-0.05, 0) is 44.2 Å². The number of aromatic nitrogens is 5. The zero-order valence-corrected chi connectivity index (χ0v) is 19.0. The molecule has 0 aliphatic heterocycles. The molecular formula is C22H20BrN5OS. The van der Waals surface area contributed by atoms with Crippen molar-refractivity contribution in [3.63, 3.8) is 0 Å². The first-order valence-electron chi connectivity index (χ1n) is 9.43. The predicted octanol–water partition coefficient (Wildman–Crippen LogP) is 4.87. The number of aryl methyl sites for hydroxylation is 2. The summed E-state index contributed by atoms with van der Waals surface area (Å²) in [4.78, 5) is 12.6. The normalized spacial score (nSPS) is 11.0. The highest BCUT2D eigenvalue weighted by Crippen LogP contribution is 2.24. The van der Waals surface area contributed by atoms with Crippen molar-refractivity contribution in [2.24, 2.45) is 0 Å². The van der Waals surface area contributed by atoms with Crippen LogP contribution in [0.2, 0.25) is 0 Å². The van der Waals surface area contributed by atoms with Crippen molar-refractivity contribution < 1.29 is 4.79 Å². The first-order valence-corrected chi connectivity index (χ1v) is 11.2. The van der Waals surface area contributed by atoms with Crippen LogP contribution in [0.25, 0.3) is 5.69 Å². The summed E-state index contributed by atoms with van der Waals surface area (Å²) in [6.07, 6.45) is 0. The lowest BCUT2D eigenvalue weighted by Crippen LogP contribution is -2.11. The van der Waals surface area contributed by atoms with Crippen molar-refractivity contribution in [1.29, 1.82) is 0 Å². The molecular weight excluding hydrogens is 462 g/mol. The molecule has 2 heterocycles. The summed E-state index contributed by atoms with van der Waals surface area (Å²) in [5.74, 6) is 1.10. The summed E-state index contributed by atoms with van der Waals surface area (Å²) in [5, 5.41) is 14.0. The number of halogens is 1. The smallest absolute Gasteiger partial charge is 0.196 e. The van der Waals surface area contributed by atoms with Gasteiger partial charge in [0.1, 0.15) is 6.54 Å². The highest BCUT2D eigenvalue weighted by atomic mass is 79.9.